The maximum atomic E-state index is 11.4. The number of carbonyl (C=O) groups excluding carboxylic acids is 1. The quantitative estimate of drug-likeness (QED) is 0.579. The van der Waals surface area contributed by atoms with Gasteiger partial charge in [0.25, 0.3) is 5.91 Å². The van der Waals surface area contributed by atoms with Gasteiger partial charge in [0.15, 0.2) is 5.92 Å². The maximum absolute atomic E-state index is 11.4. The summed E-state index contributed by atoms with van der Waals surface area (Å²) < 4.78 is 1.28. The summed E-state index contributed by atoms with van der Waals surface area (Å²) in [5.41, 5.74) is 0.161. The molecule has 0 saturated carbocycles. The molecular weight excluding hydrogens is 230 g/mol. The molecule has 1 amide bonds. The minimum Gasteiger partial charge on any atom is -0.481 e. The molecule has 0 spiro atoms. The highest BCUT2D eigenvalue weighted by atomic mass is 16.4. The van der Waals surface area contributed by atoms with E-state index in [0.29, 0.717) is 0 Å². The fourth-order valence-electron chi connectivity index (χ4n) is 1.84. The predicted molar refractivity (Wildman–Crippen MR) is 52.4 cm³/mol. The van der Waals surface area contributed by atoms with E-state index in [-0.39, 0.29) is 12.2 Å². The Hall–Kier alpha value is -2.38. The minimum absolute atomic E-state index is 0.0501. The standard InChI is InChI=1S/C9H9N3O5/c13-7-5-1-10-3-12(5)4(2-11-7)6(8(14)15)9(16)17/h1,3-4,6H,2H2,(H,11,13)(H,14,15)(H,16,17). The number of carboxylic acids is 2. The highest BCUT2D eigenvalue weighted by Gasteiger charge is 2.39. The zero-order valence-electron chi connectivity index (χ0n) is 8.53. The van der Waals surface area contributed by atoms with E-state index < -0.39 is 29.8 Å². The number of nitrogens with zero attached hydrogens (tertiary/aromatic N) is 2. The van der Waals surface area contributed by atoms with Crippen molar-refractivity contribution in [3.63, 3.8) is 0 Å². The Morgan fingerprint density at radius 1 is 1.47 bits per heavy atom. The van der Waals surface area contributed by atoms with E-state index in [2.05, 4.69) is 10.3 Å². The molecule has 0 fully saturated rings. The highest BCUT2D eigenvalue weighted by Crippen LogP contribution is 2.23. The summed E-state index contributed by atoms with van der Waals surface area (Å²) in [5.74, 6) is -4.91. The average molecular weight is 239 g/mol. The lowest BCUT2D eigenvalue weighted by molar-refractivity contribution is -0.156. The van der Waals surface area contributed by atoms with E-state index in [1.54, 1.807) is 0 Å². The highest BCUT2D eigenvalue weighted by molar-refractivity contribution is 5.96. The Morgan fingerprint density at radius 3 is 2.71 bits per heavy atom. The van der Waals surface area contributed by atoms with E-state index in [4.69, 9.17) is 10.2 Å². The molecule has 17 heavy (non-hydrogen) atoms. The van der Waals surface area contributed by atoms with Crippen LogP contribution in [0.1, 0.15) is 16.5 Å². The minimum atomic E-state index is -1.62. The van der Waals surface area contributed by atoms with Gasteiger partial charge < -0.3 is 20.1 Å². The number of nitrogens with one attached hydrogen (secondary N) is 1. The Kier molecular flexibility index (Phi) is 2.54. The second-order valence-corrected chi connectivity index (χ2v) is 3.62. The van der Waals surface area contributed by atoms with Crippen molar-refractivity contribution >= 4 is 17.8 Å². The second kappa shape index (κ2) is 3.89. The van der Waals surface area contributed by atoms with Gasteiger partial charge in [-0.15, -0.1) is 0 Å². The van der Waals surface area contributed by atoms with Crippen LogP contribution in [0, 0.1) is 5.92 Å². The molecule has 0 aliphatic carbocycles. The van der Waals surface area contributed by atoms with Gasteiger partial charge in [-0.1, -0.05) is 0 Å². The van der Waals surface area contributed by atoms with E-state index in [1.807, 2.05) is 0 Å². The lowest BCUT2D eigenvalue weighted by Crippen LogP contribution is -2.45. The normalized spacial score (nSPS) is 18.6. The number of aromatic nitrogens is 2. The summed E-state index contributed by atoms with van der Waals surface area (Å²) in [4.78, 5) is 37.0. The Balaban J connectivity index is 2.42. The summed E-state index contributed by atoms with van der Waals surface area (Å²) in [7, 11) is 0. The summed E-state index contributed by atoms with van der Waals surface area (Å²) in [5, 5.41) is 20.2. The zero-order chi connectivity index (χ0) is 12.6. The summed E-state index contributed by atoms with van der Waals surface area (Å²) in [6.45, 7) is -0.0501. The summed E-state index contributed by atoms with van der Waals surface area (Å²) in [6, 6.07) is -0.875. The third-order valence-corrected chi connectivity index (χ3v) is 2.64. The average Bonchev–Trinajstić information content (AvgIpc) is 2.70. The van der Waals surface area contributed by atoms with Gasteiger partial charge in [-0.25, -0.2) is 4.98 Å². The summed E-state index contributed by atoms with van der Waals surface area (Å²) in [6.07, 6.45) is 2.53. The van der Waals surface area contributed by atoms with Crippen LogP contribution in [0.3, 0.4) is 0 Å². The number of amides is 1. The van der Waals surface area contributed by atoms with Gasteiger partial charge in [0.1, 0.15) is 5.69 Å². The maximum Gasteiger partial charge on any atom is 0.320 e. The molecule has 1 atom stereocenters. The molecule has 0 saturated heterocycles. The van der Waals surface area contributed by atoms with Crippen LogP contribution >= 0.6 is 0 Å². The van der Waals surface area contributed by atoms with Crippen molar-refractivity contribution in [3.8, 4) is 0 Å². The number of fused-ring (bicyclic) bond motifs is 1. The van der Waals surface area contributed by atoms with Crippen LogP contribution in [0.15, 0.2) is 12.5 Å². The largest absolute Gasteiger partial charge is 0.481 e. The van der Waals surface area contributed by atoms with Crippen molar-refractivity contribution in [1.29, 1.82) is 0 Å². The fourth-order valence-corrected chi connectivity index (χ4v) is 1.84. The molecule has 8 nitrogen and oxygen atoms in total. The monoisotopic (exact) mass is 239 g/mol. The molecular formula is C9H9N3O5. The summed E-state index contributed by atoms with van der Waals surface area (Å²) >= 11 is 0. The first-order valence-electron chi connectivity index (χ1n) is 4.78. The zero-order valence-corrected chi connectivity index (χ0v) is 8.53. The van der Waals surface area contributed by atoms with Crippen molar-refractivity contribution in [2.45, 2.75) is 6.04 Å². The third-order valence-electron chi connectivity index (χ3n) is 2.64. The molecule has 1 aromatic heterocycles. The lowest BCUT2D eigenvalue weighted by atomic mass is 9.98. The number of aliphatic carboxylic acids is 2. The molecule has 90 valence electrons. The van der Waals surface area contributed by atoms with Gasteiger partial charge >= 0.3 is 11.9 Å². The van der Waals surface area contributed by atoms with Crippen LogP contribution in [-0.2, 0) is 9.59 Å². The van der Waals surface area contributed by atoms with Crippen LogP contribution in [0.25, 0.3) is 0 Å². The van der Waals surface area contributed by atoms with Gasteiger partial charge in [-0.2, -0.15) is 0 Å². The molecule has 1 aliphatic rings. The van der Waals surface area contributed by atoms with Crippen LogP contribution in [-0.4, -0.2) is 44.2 Å². The second-order valence-electron chi connectivity index (χ2n) is 3.62. The van der Waals surface area contributed by atoms with Crippen LogP contribution in [0.5, 0.6) is 0 Å². The van der Waals surface area contributed by atoms with Crippen LogP contribution in [0.4, 0.5) is 0 Å². The van der Waals surface area contributed by atoms with Gasteiger partial charge in [0.2, 0.25) is 0 Å². The van der Waals surface area contributed by atoms with E-state index in [0.717, 1.165) is 0 Å². The van der Waals surface area contributed by atoms with Crippen molar-refractivity contribution in [3.05, 3.63) is 18.2 Å². The van der Waals surface area contributed by atoms with E-state index in [1.165, 1.54) is 17.1 Å². The molecule has 0 bridgehead atoms. The molecule has 1 aliphatic heterocycles. The van der Waals surface area contributed by atoms with Crippen LogP contribution in [0.2, 0.25) is 0 Å². The van der Waals surface area contributed by atoms with Crippen molar-refractivity contribution in [2.24, 2.45) is 5.92 Å². The molecule has 0 aromatic carbocycles. The molecule has 1 unspecified atom stereocenters. The van der Waals surface area contributed by atoms with E-state index in [9.17, 15) is 14.4 Å². The number of hydrogen-bond acceptors (Lipinski definition) is 4. The molecule has 8 heteroatoms. The predicted octanol–water partition coefficient (Wildman–Crippen LogP) is -1.05. The number of carbonyl (C=O) groups is 3. The Labute approximate surface area is 94.9 Å². The third kappa shape index (κ3) is 1.73. The van der Waals surface area contributed by atoms with E-state index >= 15 is 0 Å². The first-order valence-corrected chi connectivity index (χ1v) is 4.78. The molecule has 1 aromatic rings. The van der Waals surface area contributed by atoms with Crippen molar-refractivity contribution in [2.75, 3.05) is 6.54 Å². The molecule has 2 heterocycles. The molecule has 0 radical (unpaired) electrons. The van der Waals surface area contributed by atoms with Gasteiger partial charge in [-0.3, -0.25) is 14.4 Å². The van der Waals surface area contributed by atoms with Crippen LogP contribution < -0.4 is 5.32 Å². The molecule has 2 rings (SSSR count). The van der Waals surface area contributed by atoms with Gasteiger partial charge in [0.05, 0.1) is 18.6 Å². The van der Waals surface area contributed by atoms with Crippen molar-refractivity contribution < 1.29 is 24.6 Å². The number of carboxylic acid groups (broad SMARTS) is 2. The first kappa shape index (κ1) is 11.1. The molecule has 3 N–H and O–H groups in total. The van der Waals surface area contributed by atoms with Gasteiger partial charge in [0, 0.05) is 6.54 Å². The topological polar surface area (TPSA) is 122 Å². The Morgan fingerprint density at radius 2 is 2.12 bits per heavy atom. The van der Waals surface area contributed by atoms with Crippen molar-refractivity contribution in [1.82, 2.24) is 14.9 Å². The smallest absolute Gasteiger partial charge is 0.320 e. The number of imidazole rings is 1. The fraction of sp³-hybridized carbons (Fsp3) is 0.333. The van der Waals surface area contributed by atoms with Gasteiger partial charge in [-0.05, 0) is 0 Å². The number of rotatable bonds is 3. The SMILES string of the molecule is O=C1NCC(C(C(=O)O)C(=O)O)n2cncc21. The Bertz CT molecular complexity index is 481. The first-order chi connectivity index (χ1) is 8.02. The number of hydrogen-bond donors (Lipinski definition) is 3. The lowest BCUT2D eigenvalue weighted by Gasteiger charge is -2.28.